The van der Waals surface area contributed by atoms with Crippen molar-refractivity contribution < 1.29 is 28.5 Å². The van der Waals surface area contributed by atoms with Crippen LogP contribution >= 0.6 is 11.6 Å². The third-order valence-electron chi connectivity index (χ3n) is 5.09. The van der Waals surface area contributed by atoms with Crippen LogP contribution in [0, 0.1) is 5.82 Å². The first-order valence-corrected chi connectivity index (χ1v) is 10.3. The van der Waals surface area contributed by atoms with Gasteiger partial charge in [0.1, 0.15) is 5.82 Å². The summed E-state index contributed by atoms with van der Waals surface area (Å²) in [6.07, 6.45) is 6.48. The van der Waals surface area contributed by atoms with Crippen molar-refractivity contribution in [3.63, 3.8) is 0 Å². The summed E-state index contributed by atoms with van der Waals surface area (Å²) < 4.78 is 14.5. The molecule has 1 heterocycles. The fourth-order valence-electron chi connectivity index (χ4n) is 3.54. The SMILES string of the molecule is CCCCCCC(=O)OOc1cc(N2C(=O)C3=C(CCCC3)C2=O)c(F)cc1Cl. The zero-order valence-corrected chi connectivity index (χ0v) is 17.0. The van der Waals surface area contributed by atoms with Crippen molar-refractivity contribution in [3.05, 3.63) is 34.1 Å². The lowest BCUT2D eigenvalue weighted by atomic mass is 9.93. The molecule has 1 aromatic carbocycles. The van der Waals surface area contributed by atoms with E-state index in [9.17, 15) is 18.8 Å². The fourth-order valence-corrected chi connectivity index (χ4v) is 3.72. The minimum absolute atomic E-state index is 0.137. The highest BCUT2D eigenvalue weighted by atomic mass is 35.5. The van der Waals surface area contributed by atoms with E-state index in [0.29, 0.717) is 30.4 Å². The average Bonchev–Trinajstić information content (AvgIpc) is 2.96. The highest BCUT2D eigenvalue weighted by molar-refractivity contribution is 6.34. The number of unbranched alkanes of at least 4 members (excludes halogenated alkanes) is 3. The number of rotatable bonds is 8. The summed E-state index contributed by atoms with van der Waals surface area (Å²) in [5, 5.41) is -0.137. The van der Waals surface area contributed by atoms with Gasteiger partial charge < -0.3 is 0 Å². The zero-order valence-electron chi connectivity index (χ0n) is 16.3. The predicted molar refractivity (Wildman–Crippen MR) is 105 cm³/mol. The molecular weight excluding hydrogens is 401 g/mol. The average molecular weight is 424 g/mol. The Morgan fingerprint density at radius 2 is 1.76 bits per heavy atom. The number of benzene rings is 1. The summed E-state index contributed by atoms with van der Waals surface area (Å²) in [4.78, 5) is 47.6. The maximum Gasteiger partial charge on any atom is 0.355 e. The van der Waals surface area contributed by atoms with E-state index >= 15 is 0 Å². The Labute approximate surface area is 173 Å². The van der Waals surface area contributed by atoms with Crippen LogP contribution in [0.2, 0.25) is 5.02 Å². The van der Waals surface area contributed by atoms with Gasteiger partial charge in [-0.05, 0) is 38.2 Å². The van der Waals surface area contributed by atoms with Crippen LogP contribution in [0.3, 0.4) is 0 Å². The standard InChI is InChI=1S/C21H23ClFNO5/c1-2-3-4-5-10-19(25)29-28-18-12-17(16(23)11-15(18)22)24-20(26)13-8-6-7-9-14(13)21(24)27/h11-12H,2-10H2,1H3. The molecule has 8 heteroatoms. The molecule has 0 atom stereocenters. The van der Waals surface area contributed by atoms with Gasteiger partial charge in [0.05, 0.1) is 17.1 Å². The van der Waals surface area contributed by atoms with Gasteiger partial charge in [-0.25, -0.2) is 14.1 Å². The summed E-state index contributed by atoms with van der Waals surface area (Å²) in [5.41, 5.74) is 0.612. The monoisotopic (exact) mass is 423 g/mol. The summed E-state index contributed by atoms with van der Waals surface area (Å²) in [5.74, 6) is -2.60. The molecule has 0 spiro atoms. The predicted octanol–water partition coefficient (Wildman–Crippen LogP) is 5.03. The van der Waals surface area contributed by atoms with E-state index in [1.165, 1.54) is 0 Å². The molecule has 0 fully saturated rings. The van der Waals surface area contributed by atoms with Crippen molar-refractivity contribution in [1.29, 1.82) is 0 Å². The van der Waals surface area contributed by atoms with E-state index in [4.69, 9.17) is 21.4 Å². The normalized spacial score (nSPS) is 16.3. The van der Waals surface area contributed by atoms with E-state index in [1.807, 2.05) is 0 Å². The van der Waals surface area contributed by atoms with Crippen molar-refractivity contribution >= 4 is 35.1 Å². The molecule has 0 unspecified atom stereocenters. The molecule has 2 aliphatic rings. The molecule has 6 nitrogen and oxygen atoms in total. The summed E-state index contributed by atoms with van der Waals surface area (Å²) in [6.45, 7) is 2.07. The molecule has 1 aliphatic heterocycles. The van der Waals surface area contributed by atoms with Crippen LogP contribution in [0.4, 0.5) is 10.1 Å². The molecule has 0 aromatic heterocycles. The van der Waals surface area contributed by atoms with Gasteiger partial charge in [-0.1, -0.05) is 37.8 Å². The molecular formula is C21H23ClFNO5. The fraction of sp³-hybridized carbons (Fsp3) is 0.476. The van der Waals surface area contributed by atoms with Crippen molar-refractivity contribution in [2.24, 2.45) is 0 Å². The second-order valence-corrected chi connectivity index (χ2v) is 7.60. The topological polar surface area (TPSA) is 72.9 Å². The van der Waals surface area contributed by atoms with Crippen LogP contribution in [0.5, 0.6) is 5.75 Å². The van der Waals surface area contributed by atoms with Gasteiger partial charge in [-0.2, -0.15) is 0 Å². The Morgan fingerprint density at radius 1 is 1.10 bits per heavy atom. The van der Waals surface area contributed by atoms with Crippen LogP contribution in [0.1, 0.15) is 64.7 Å². The first-order valence-electron chi connectivity index (χ1n) is 9.91. The smallest absolute Gasteiger partial charge is 0.285 e. The quantitative estimate of drug-likeness (QED) is 0.254. The molecule has 156 valence electrons. The second kappa shape index (κ2) is 9.39. The lowest BCUT2D eigenvalue weighted by Gasteiger charge is -2.17. The van der Waals surface area contributed by atoms with E-state index < -0.39 is 23.6 Å². The van der Waals surface area contributed by atoms with Crippen LogP contribution < -0.4 is 9.79 Å². The van der Waals surface area contributed by atoms with Gasteiger partial charge in [0, 0.05) is 17.2 Å². The Bertz CT molecular complexity index is 839. The number of hydrogen-bond acceptors (Lipinski definition) is 5. The largest absolute Gasteiger partial charge is 0.355 e. The van der Waals surface area contributed by atoms with Gasteiger partial charge in [0.15, 0.2) is 5.75 Å². The Kier molecular flexibility index (Phi) is 6.90. The van der Waals surface area contributed by atoms with Gasteiger partial charge in [0.2, 0.25) is 0 Å². The van der Waals surface area contributed by atoms with Gasteiger partial charge in [0.25, 0.3) is 11.8 Å². The van der Waals surface area contributed by atoms with E-state index in [1.54, 1.807) is 0 Å². The molecule has 0 radical (unpaired) electrons. The first-order chi connectivity index (χ1) is 13.9. The lowest BCUT2D eigenvalue weighted by molar-refractivity contribution is -0.213. The van der Waals surface area contributed by atoms with E-state index in [2.05, 4.69) is 6.92 Å². The van der Waals surface area contributed by atoms with Crippen LogP contribution in [0.15, 0.2) is 23.3 Å². The van der Waals surface area contributed by atoms with Crippen LogP contribution in [0.25, 0.3) is 0 Å². The number of amides is 2. The number of imide groups is 1. The van der Waals surface area contributed by atoms with Crippen LogP contribution in [-0.4, -0.2) is 17.8 Å². The minimum atomic E-state index is -0.838. The van der Waals surface area contributed by atoms with Crippen molar-refractivity contribution in [2.45, 2.75) is 64.7 Å². The molecule has 0 bridgehead atoms. The Balaban J connectivity index is 1.72. The molecule has 3 rings (SSSR count). The lowest BCUT2D eigenvalue weighted by Crippen LogP contribution is -2.32. The number of carbonyl (C=O) groups is 3. The van der Waals surface area contributed by atoms with Crippen molar-refractivity contribution in [2.75, 3.05) is 4.90 Å². The second-order valence-electron chi connectivity index (χ2n) is 7.19. The summed E-state index contributed by atoms with van der Waals surface area (Å²) in [6, 6.07) is 2.04. The number of anilines is 1. The molecule has 2 amide bonds. The molecule has 1 aromatic rings. The molecule has 0 N–H and O–H groups in total. The van der Waals surface area contributed by atoms with Crippen LogP contribution in [-0.2, 0) is 19.3 Å². The molecule has 1 aliphatic carbocycles. The third-order valence-corrected chi connectivity index (χ3v) is 5.39. The highest BCUT2D eigenvalue weighted by Crippen LogP contribution is 2.39. The summed E-state index contributed by atoms with van der Waals surface area (Å²) in [7, 11) is 0. The minimum Gasteiger partial charge on any atom is -0.285 e. The van der Waals surface area contributed by atoms with E-state index in [-0.39, 0.29) is 22.9 Å². The zero-order chi connectivity index (χ0) is 21.0. The van der Waals surface area contributed by atoms with Gasteiger partial charge in [-0.3, -0.25) is 19.4 Å². The van der Waals surface area contributed by atoms with Gasteiger partial charge in [-0.15, -0.1) is 0 Å². The van der Waals surface area contributed by atoms with Gasteiger partial charge >= 0.3 is 5.97 Å². The Morgan fingerprint density at radius 3 is 2.38 bits per heavy atom. The van der Waals surface area contributed by atoms with E-state index in [0.717, 1.165) is 49.1 Å². The maximum atomic E-state index is 14.5. The number of nitrogens with zero attached hydrogens (tertiary/aromatic N) is 1. The molecule has 0 saturated carbocycles. The third kappa shape index (κ3) is 4.61. The number of hydrogen-bond donors (Lipinski definition) is 0. The first kappa shape index (κ1) is 21.3. The maximum absolute atomic E-state index is 14.5. The number of carbonyl (C=O) groups excluding carboxylic acids is 3. The molecule has 29 heavy (non-hydrogen) atoms. The molecule has 0 saturated heterocycles. The highest BCUT2D eigenvalue weighted by Gasteiger charge is 2.41. The Hall–Kier alpha value is -2.41. The van der Waals surface area contributed by atoms with Crippen molar-refractivity contribution in [3.8, 4) is 5.75 Å². The number of halogens is 2. The van der Waals surface area contributed by atoms with Crippen molar-refractivity contribution in [1.82, 2.24) is 0 Å². The summed E-state index contributed by atoms with van der Waals surface area (Å²) >= 11 is 5.98.